The number of rotatable bonds is 6. The third-order valence-corrected chi connectivity index (χ3v) is 3.61. The van der Waals surface area contributed by atoms with E-state index in [0.717, 1.165) is 25.0 Å². The molecule has 6 heteroatoms. The summed E-state index contributed by atoms with van der Waals surface area (Å²) in [5, 5.41) is 14.9. The van der Waals surface area contributed by atoms with Gasteiger partial charge in [0.2, 0.25) is 0 Å². The van der Waals surface area contributed by atoms with Gasteiger partial charge in [0.25, 0.3) is 5.91 Å². The van der Waals surface area contributed by atoms with Crippen molar-refractivity contribution >= 4 is 11.6 Å². The molecule has 1 atom stereocenters. The highest BCUT2D eigenvalue weighted by Gasteiger charge is 2.17. The van der Waals surface area contributed by atoms with Crippen LogP contribution < -0.4 is 15.4 Å². The molecule has 1 aliphatic rings. The summed E-state index contributed by atoms with van der Waals surface area (Å²) in [5.74, 6) is 0.228. The zero-order valence-electron chi connectivity index (χ0n) is 13.4. The summed E-state index contributed by atoms with van der Waals surface area (Å²) in [6, 6.07) is 7.54. The highest BCUT2D eigenvalue weighted by atomic mass is 16.5. The largest absolute Gasteiger partial charge is 0.495 e. The molecule has 23 heavy (non-hydrogen) atoms. The Balaban J connectivity index is 1.99. The minimum atomic E-state index is -0.415. The lowest BCUT2D eigenvalue weighted by Gasteiger charge is -2.11. The predicted molar refractivity (Wildman–Crippen MR) is 87.0 cm³/mol. The molecule has 0 aliphatic carbocycles. The molecule has 1 fully saturated rings. The lowest BCUT2D eigenvalue weighted by Crippen LogP contribution is -2.32. The van der Waals surface area contributed by atoms with Crippen LogP contribution in [0.15, 0.2) is 30.0 Å². The van der Waals surface area contributed by atoms with Gasteiger partial charge in [-0.05, 0) is 37.5 Å². The SMILES string of the molecule is COc1ccc(C)cc1N/C=C(/C#N)C(=O)NCC1CCCO1. The van der Waals surface area contributed by atoms with E-state index in [1.165, 1.54) is 6.20 Å². The average Bonchev–Trinajstić information content (AvgIpc) is 3.07. The second-order valence-corrected chi connectivity index (χ2v) is 5.36. The van der Waals surface area contributed by atoms with Crippen LogP contribution in [0.4, 0.5) is 5.69 Å². The summed E-state index contributed by atoms with van der Waals surface area (Å²) in [4.78, 5) is 12.0. The number of methoxy groups -OCH3 is 1. The van der Waals surface area contributed by atoms with Crippen molar-refractivity contribution in [3.63, 3.8) is 0 Å². The van der Waals surface area contributed by atoms with Gasteiger partial charge in [0.15, 0.2) is 0 Å². The Bertz CT molecular complexity index is 628. The summed E-state index contributed by atoms with van der Waals surface area (Å²) in [6.07, 6.45) is 3.38. The van der Waals surface area contributed by atoms with Crippen LogP contribution in [-0.2, 0) is 9.53 Å². The molecule has 1 aliphatic heterocycles. The van der Waals surface area contributed by atoms with Gasteiger partial charge in [-0.2, -0.15) is 5.26 Å². The number of nitriles is 1. The third kappa shape index (κ3) is 4.73. The smallest absolute Gasteiger partial charge is 0.263 e. The van der Waals surface area contributed by atoms with Gasteiger partial charge < -0.3 is 20.1 Å². The fourth-order valence-electron chi connectivity index (χ4n) is 2.34. The summed E-state index contributed by atoms with van der Waals surface area (Å²) in [5.41, 5.74) is 1.75. The standard InChI is InChI=1S/C17H21N3O3/c1-12-5-6-16(22-2)15(8-12)19-10-13(9-18)17(21)20-11-14-4-3-7-23-14/h5-6,8,10,14,19H,3-4,7,11H2,1-2H3,(H,20,21)/b13-10-. The Hall–Kier alpha value is -2.52. The number of anilines is 1. The van der Waals surface area contributed by atoms with Crippen molar-refractivity contribution in [2.24, 2.45) is 0 Å². The fraction of sp³-hybridized carbons (Fsp3) is 0.412. The van der Waals surface area contributed by atoms with E-state index in [9.17, 15) is 4.79 Å². The van der Waals surface area contributed by atoms with E-state index in [0.29, 0.717) is 18.0 Å². The Morgan fingerprint density at radius 2 is 2.39 bits per heavy atom. The average molecular weight is 315 g/mol. The van der Waals surface area contributed by atoms with Crippen molar-refractivity contribution in [2.75, 3.05) is 25.6 Å². The first-order chi connectivity index (χ1) is 11.1. The number of nitrogens with zero attached hydrogens (tertiary/aromatic N) is 1. The Morgan fingerprint density at radius 1 is 1.57 bits per heavy atom. The van der Waals surface area contributed by atoms with Crippen LogP contribution in [0.1, 0.15) is 18.4 Å². The maximum atomic E-state index is 12.0. The van der Waals surface area contributed by atoms with Crippen molar-refractivity contribution in [3.05, 3.63) is 35.5 Å². The summed E-state index contributed by atoms with van der Waals surface area (Å²) in [7, 11) is 1.57. The molecule has 1 amide bonds. The van der Waals surface area contributed by atoms with Gasteiger partial charge in [0.1, 0.15) is 17.4 Å². The molecule has 1 saturated heterocycles. The number of hydrogen-bond acceptors (Lipinski definition) is 5. The minimum absolute atomic E-state index is 0.00607. The van der Waals surface area contributed by atoms with Crippen LogP contribution in [0.25, 0.3) is 0 Å². The van der Waals surface area contributed by atoms with Gasteiger partial charge in [-0.3, -0.25) is 4.79 Å². The predicted octanol–water partition coefficient (Wildman–Crippen LogP) is 2.12. The van der Waals surface area contributed by atoms with E-state index in [-0.39, 0.29) is 11.7 Å². The van der Waals surface area contributed by atoms with E-state index < -0.39 is 5.91 Å². The molecular formula is C17H21N3O3. The van der Waals surface area contributed by atoms with Crippen LogP contribution in [0.2, 0.25) is 0 Å². The van der Waals surface area contributed by atoms with E-state index in [1.807, 2.05) is 31.2 Å². The number of amides is 1. The third-order valence-electron chi connectivity index (χ3n) is 3.61. The molecule has 122 valence electrons. The molecule has 0 aromatic heterocycles. The Morgan fingerprint density at radius 3 is 3.04 bits per heavy atom. The minimum Gasteiger partial charge on any atom is -0.495 e. The zero-order chi connectivity index (χ0) is 16.7. The van der Waals surface area contributed by atoms with Crippen LogP contribution in [0.5, 0.6) is 5.75 Å². The van der Waals surface area contributed by atoms with Crippen molar-refractivity contribution in [1.29, 1.82) is 5.26 Å². The van der Waals surface area contributed by atoms with E-state index in [1.54, 1.807) is 7.11 Å². The quantitative estimate of drug-likeness (QED) is 0.620. The molecule has 2 N–H and O–H groups in total. The van der Waals surface area contributed by atoms with Crippen molar-refractivity contribution in [1.82, 2.24) is 5.32 Å². The Labute approximate surface area is 136 Å². The van der Waals surface area contributed by atoms with Gasteiger partial charge in [0, 0.05) is 19.4 Å². The fourth-order valence-corrected chi connectivity index (χ4v) is 2.34. The van der Waals surface area contributed by atoms with Crippen molar-refractivity contribution in [2.45, 2.75) is 25.9 Å². The topological polar surface area (TPSA) is 83.4 Å². The molecule has 1 heterocycles. The normalized spacial score (nSPS) is 17.4. The first kappa shape index (κ1) is 16.8. The highest BCUT2D eigenvalue weighted by Crippen LogP contribution is 2.25. The highest BCUT2D eigenvalue weighted by molar-refractivity contribution is 5.97. The van der Waals surface area contributed by atoms with Crippen molar-refractivity contribution in [3.8, 4) is 11.8 Å². The number of ether oxygens (including phenoxy) is 2. The number of aryl methyl sites for hydroxylation is 1. The van der Waals surface area contributed by atoms with Crippen LogP contribution in [-0.4, -0.2) is 32.3 Å². The van der Waals surface area contributed by atoms with Crippen LogP contribution in [0, 0.1) is 18.3 Å². The summed E-state index contributed by atoms with van der Waals surface area (Å²) < 4.78 is 10.7. The molecular weight excluding hydrogens is 294 g/mol. The van der Waals surface area contributed by atoms with Crippen LogP contribution in [0.3, 0.4) is 0 Å². The number of benzene rings is 1. The van der Waals surface area contributed by atoms with E-state index in [2.05, 4.69) is 10.6 Å². The molecule has 2 rings (SSSR count). The molecule has 1 unspecified atom stereocenters. The first-order valence-electron chi connectivity index (χ1n) is 7.55. The summed E-state index contributed by atoms with van der Waals surface area (Å²) in [6.45, 7) is 3.11. The van der Waals surface area contributed by atoms with Gasteiger partial charge >= 0.3 is 0 Å². The van der Waals surface area contributed by atoms with Gasteiger partial charge in [-0.25, -0.2) is 0 Å². The molecule has 1 aromatic carbocycles. The Kier molecular flexibility index (Phi) is 6.01. The number of carbonyl (C=O) groups is 1. The molecule has 0 saturated carbocycles. The van der Waals surface area contributed by atoms with E-state index >= 15 is 0 Å². The lowest BCUT2D eigenvalue weighted by atomic mass is 10.2. The summed E-state index contributed by atoms with van der Waals surface area (Å²) >= 11 is 0. The van der Waals surface area contributed by atoms with Crippen molar-refractivity contribution < 1.29 is 14.3 Å². The lowest BCUT2D eigenvalue weighted by molar-refractivity contribution is -0.117. The number of nitrogens with one attached hydrogen (secondary N) is 2. The molecule has 0 spiro atoms. The van der Waals surface area contributed by atoms with Gasteiger partial charge in [-0.1, -0.05) is 6.07 Å². The maximum absolute atomic E-state index is 12.0. The molecule has 6 nitrogen and oxygen atoms in total. The van der Waals surface area contributed by atoms with E-state index in [4.69, 9.17) is 14.7 Å². The van der Waals surface area contributed by atoms with Crippen LogP contribution >= 0.6 is 0 Å². The van der Waals surface area contributed by atoms with Gasteiger partial charge in [-0.15, -0.1) is 0 Å². The second-order valence-electron chi connectivity index (χ2n) is 5.36. The first-order valence-corrected chi connectivity index (χ1v) is 7.55. The maximum Gasteiger partial charge on any atom is 0.263 e. The zero-order valence-corrected chi connectivity index (χ0v) is 13.4. The monoisotopic (exact) mass is 315 g/mol. The number of carbonyl (C=O) groups excluding carboxylic acids is 1. The number of hydrogen-bond donors (Lipinski definition) is 2. The molecule has 0 bridgehead atoms. The van der Waals surface area contributed by atoms with Gasteiger partial charge in [0.05, 0.1) is 18.9 Å². The molecule has 0 radical (unpaired) electrons. The second kappa shape index (κ2) is 8.20. The molecule has 1 aromatic rings.